The number of halogens is 3. The predicted octanol–water partition coefficient (Wildman–Crippen LogP) is 4.75. The fourth-order valence-corrected chi connectivity index (χ4v) is 4.51. The molecule has 1 amide bonds. The van der Waals surface area contributed by atoms with E-state index in [-0.39, 0.29) is 18.6 Å². The Morgan fingerprint density at radius 3 is 2.46 bits per heavy atom. The summed E-state index contributed by atoms with van der Waals surface area (Å²) in [5, 5.41) is 3.03. The molecule has 0 spiro atoms. The van der Waals surface area contributed by atoms with Gasteiger partial charge in [0, 0.05) is 37.1 Å². The number of nitrogens with zero attached hydrogens (tertiary/aromatic N) is 2. The van der Waals surface area contributed by atoms with Crippen LogP contribution < -0.4 is 14.8 Å². The lowest BCUT2D eigenvalue weighted by molar-refractivity contribution is -0.137. The summed E-state index contributed by atoms with van der Waals surface area (Å²) in [6, 6.07) is 12.8. The second-order valence-electron chi connectivity index (χ2n) is 8.93. The number of aromatic nitrogens is 1. The number of piperidine rings is 1. The Bertz CT molecular complexity index is 1180. The molecule has 0 aliphatic carbocycles. The molecule has 9 heteroatoms. The lowest BCUT2D eigenvalue weighted by Gasteiger charge is -2.31. The van der Waals surface area contributed by atoms with Gasteiger partial charge in [0.15, 0.2) is 11.5 Å². The van der Waals surface area contributed by atoms with Crippen LogP contribution in [0.25, 0.3) is 5.69 Å². The summed E-state index contributed by atoms with van der Waals surface area (Å²) in [5.41, 5.74) is 2.08. The number of benzene rings is 2. The van der Waals surface area contributed by atoms with Crippen LogP contribution in [0.2, 0.25) is 0 Å². The zero-order valence-electron chi connectivity index (χ0n) is 19.1. The Hall–Kier alpha value is -3.46. The number of rotatable bonds is 6. The maximum Gasteiger partial charge on any atom is 0.416 e. The minimum absolute atomic E-state index is 0.0167. The Labute approximate surface area is 201 Å². The SMILES string of the molecule is O=C(NCc1ccc2c(c1)OCO2)C1CCN(Cc2ccn(-c3ccc(C(F)(F)F)cc3)c2)CC1. The number of carbonyl (C=O) groups is 1. The second kappa shape index (κ2) is 9.65. The lowest BCUT2D eigenvalue weighted by atomic mass is 9.95. The van der Waals surface area contributed by atoms with Crippen molar-refractivity contribution in [3.05, 3.63) is 77.6 Å². The summed E-state index contributed by atoms with van der Waals surface area (Å²) < 4.78 is 50.9. The van der Waals surface area contributed by atoms with Crippen molar-refractivity contribution in [1.29, 1.82) is 0 Å². The van der Waals surface area contributed by atoms with Crippen molar-refractivity contribution in [3.8, 4) is 17.2 Å². The molecule has 1 aromatic heterocycles. The monoisotopic (exact) mass is 485 g/mol. The second-order valence-corrected chi connectivity index (χ2v) is 8.93. The standard InChI is InChI=1S/C26H26F3N3O3/c27-26(28,29)21-2-4-22(5-3-21)32-12-7-19(16-32)15-31-10-8-20(9-11-31)25(33)30-14-18-1-6-23-24(13-18)35-17-34-23/h1-7,12-13,16,20H,8-11,14-15,17H2,(H,30,33). The van der Waals surface area contributed by atoms with Crippen molar-refractivity contribution in [2.45, 2.75) is 32.1 Å². The van der Waals surface area contributed by atoms with E-state index in [9.17, 15) is 18.0 Å². The predicted molar refractivity (Wildman–Crippen MR) is 123 cm³/mol. The average molecular weight is 486 g/mol. The average Bonchev–Trinajstić information content (AvgIpc) is 3.52. The normalized spacial score (nSPS) is 16.4. The van der Waals surface area contributed by atoms with Crippen molar-refractivity contribution < 1.29 is 27.4 Å². The number of alkyl halides is 3. The highest BCUT2D eigenvalue weighted by atomic mass is 19.4. The molecule has 0 bridgehead atoms. The smallest absolute Gasteiger partial charge is 0.416 e. The first-order valence-corrected chi connectivity index (χ1v) is 11.6. The first-order chi connectivity index (χ1) is 16.8. The third-order valence-corrected chi connectivity index (χ3v) is 6.52. The van der Waals surface area contributed by atoms with Crippen LogP contribution in [0.3, 0.4) is 0 Å². The van der Waals surface area contributed by atoms with Gasteiger partial charge in [-0.1, -0.05) is 6.07 Å². The van der Waals surface area contributed by atoms with E-state index in [4.69, 9.17) is 9.47 Å². The summed E-state index contributed by atoms with van der Waals surface area (Å²) >= 11 is 0. The van der Waals surface area contributed by atoms with Crippen LogP contribution in [-0.4, -0.2) is 35.3 Å². The van der Waals surface area contributed by atoms with E-state index < -0.39 is 11.7 Å². The van der Waals surface area contributed by atoms with Gasteiger partial charge in [-0.3, -0.25) is 9.69 Å². The van der Waals surface area contributed by atoms with E-state index in [0.29, 0.717) is 18.0 Å². The van der Waals surface area contributed by atoms with Gasteiger partial charge in [0.05, 0.1) is 5.56 Å². The fraction of sp³-hybridized carbons (Fsp3) is 0.346. The van der Waals surface area contributed by atoms with Gasteiger partial charge in [-0.25, -0.2) is 0 Å². The third-order valence-electron chi connectivity index (χ3n) is 6.52. The van der Waals surface area contributed by atoms with Crippen LogP contribution in [-0.2, 0) is 24.1 Å². The summed E-state index contributed by atoms with van der Waals surface area (Å²) in [7, 11) is 0. The Kier molecular flexibility index (Phi) is 6.42. The van der Waals surface area contributed by atoms with Crippen LogP contribution in [0, 0.1) is 5.92 Å². The van der Waals surface area contributed by atoms with E-state index in [2.05, 4.69) is 10.2 Å². The highest BCUT2D eigenvalue weighted by Gasteiger charge is 2.30. The fourth-order valence-electron chi connectivity index (χ4n) is 4.51. The van der Waals surface area contributed by atoms with Gasteiger partial charge in [-0.2, -0.15) is 13.2 Å². The van der Waals surface area contributed by atoms with Crippen molar-refractivity contribution in [1.82, 2.24) is 14.8 Å². The number of carbonyl (C=O) groups excluding carboxylic acids is 1. The summed E-state index contributed by atoms with van der Waals surface area (Å²) in [6.07, 6.45) is 1.02. The van der Waals surface area contributed by atoms with Gasteiger partial charge < -0.3 is 19.4 Å². The summed E-state index contributed by atoms with van der Waals surface area (Å²) in [4.78, 5) is 15.0. The highest BCUT2D eigenvalue weighted by molar-refractivity contribution is 5.78. The Morgan fingerprint density at radius 2 is 1.71 bits per heavy atom. The first kappa shape index (κ1) is 23.3. The van der Waals surface area contributed by atoms with E-state index in [0.717, 1.165) is 61.5 Å². The molecule has 2 aliphatic heterocycles. The number of hydrogen-bond acceptors (Lipinski definition) is 4. The topological polar surface area (TPSA) is 55.7 Å². The van der Waals surface area contributed by atoms with Crippen LogP contribution in [0.1, 0.15) is 29.5 Å². The molecule has 3 aromatic rings. The van der Waals surface area contributed by atoms with Gasteiger partial charge in [0.25, 0.3) is 0 Å². The molecule has 6 nitrogen and oxygen atoms in total. The van der Waals surface area contributed by atoms with Gasteiger partial charge in [-0.15, -0.1) is 0 Å². The van der Waals surface area contributed by atoms with Gasteiger partial charge >= 0.3 is 6.18 Å². The number of hydrogen-bond donors (Lipinski definition) is 1. The van der Waals surface area contributed by atoms with Crippen molar-refractivity contribution in [2.24, 2.45) is 5.92 Å². The van der Waals surface area contributed by atoms with Crippen molar-refractivity contribution in [3.63, 3.8) is 0 Å². The molecule has 0 unspecified atom stereocenters. The minimum Gasteiger partial charge on any atom is -0.454 e. The van der Waals surface area contributed by atoms with Crippen LogP contribution in [0.5, 0.6) is 11.5 Å². The Balaban J connectivity index is 1.09. The number of ether oxygens (including phenoxy) is 2. The molecule has 1 fully saturated rings. The number of amides is 1. The van der Waals surface area contributed by atoms with Gasteiger partial charge in [-0.05, 0) is 79.5 Å². The van der Waals surface area contributed by atoms with Crippen LogP contribution in [0.4, 0.5) is 13.2 Å². The molecule has 2 aliphatic rings. The number of nitrogens with one attached hydrogen (secondary N) is 1. The van der Waals surface area contributed by atoms with Gasteiger partial charge in [0.1, 0.15) is 0 Å². The molecule has 3 heterocycles. The van der Waals surface area contributed by atoms with Crippen molar-refractivity contribution in [2.75, 3.05) is 19.9 Å². The van der Waals surface area contributed by atoms with E-state index in [1.807, 2.05) is 41.2 Å². The molecular formula is C26H26F3N3O3. The number of likely N-dealkylation sites (tertiary alicyclic amines) is 1. The van der Waals surface area contributed by atoms with Crippen LogP contribution in [0.15, 0.2) is 60.9 Å². The highest BCUT2D eigenvalue weighted by Crippen LogP contribution is 2.32. The van der Waals surface area contributed by atoms with E-state index in [1.165, 1.54) is 12.1 Å². The number of fused-ring (bicyclic) bond motifs is 1. The largest absolute Gasteiger partial charge is 0.454 e. The summed E-state index contributed by atoms with van der Waals surface area (Å²) in [5.74, 6) is 1.48. The third kappa shape index (κ3) is 5.45. The maximum absolute atomic E-state index is 12.8. The molecule has 2 aromatic carbocycles. The first-order valence-electron chi connectivity index (χ1n) is 11.6. The molecule has 0 saturated carbocycles. The zero-order valence-corrected chi connectivity index (χ0v) is 19.1. The Morgan fingerprint density at radius 1 is 0.971 bits per heavy atom. The van der Waals surface area contributed by atoms with Crippen LogP contribution >= 0.6 is 0 Å². The van der Waals surface area contributed by atoms with Crippen molar-refractivity contribution >= 4 is 5.91 Å². The molecule has 35 heavy (non-hydrogen) atoms. The van der Waals surface area contributed by atoms with E-state index in [1.54, 1.807) is 0 Å². The molecule has 0 radical (unpaired) electrons. The minimum atomic E-state index is -4.34. The molecule has 1 saturated heterocycles. The molecule has 1 N–H and O–H groups in total. The maximum atomic E-state index is 12.8. The molecular weight excluding hydrogens is 459 g/mol. The molecule has 5 rings (SSSR count). The van der Waals surface area contributed by atoms with E-state index >= 15 is 0 Å². The lowest BCUT2D eigenvalue weighted by Crippen LogP contribution is -2.40. The molecule has 184 valence electrons. The zero-order chi connectivity index (χ0) is 24.4. The van der Waals surface area contributed by atoms with Gasteiger partial charge in [0.2, 0.25) is 12.7 Å². The quantitative estimate of drug-likeness (QED) is 0.548. The summed E-state index contributed by atoms with van der Waals surface area (Å²) in [6.45, 7) is 3.04. The molecule has 0 atom stereocenters.